The van der Waals surface area contributed by atoms with Crippen molar-refractivity contribution in [2.24, 2.45) is 11.7 Å². The third kappa shape index (κ3) is 4.38. The fraction of sp³-hybridized carbons (Fsp3) is 0.579. The summed E-state index contributed by atoms with van der Waals surface area (Å²) in [5, 5.41) is 0. The number of aryl methyl sites for hydroxylation is 1. The topological polar surface area (TPSA) is 75.9 Å². The molecule has 0 saturated carbocycles. The molecule has 2 aliphatic rings. The molecule has 0 bridgehead atoms. The van der Waals surface area contributed by atoms with Crippen molar-refractivity contribution in [1.29, 1.82) is 0 Å². The van der Waals surface area contributed by atoms with Crippen molar-refractivity contribution in [2.45, 2.75) is 31.7 Å². The minimum Gasteiger partial charge on any atom is -0.496 e. The zero-order valence-corrected chi connectivity index (χ0v) is 16.7. The number of hydrogen-bond donors (Lipinski definition) is 1. The molecule has 2 amide bonds. The lowest BCUT2D eigenvalue weighted by Gasteiger charge is -2.47. The Bertz CT molecular complexity index is 668. The van der Waals surface area contributed by atoms with E-state index in [1.165, 1.54) is 0 Å². The van der Waals surface area contributed by atoms with Crippen LogP contribution in [0.3, 0.4) is 0 Å². The summed E-state index contributed by atoms with van der Waals surface area (Å²) in [5.74, 6) is 0.845. The molecule has 0 aliphatic carbocycles. The second-order valence-corrected chi connectivity index (χ2v) is 8.04. The van der Waals surface area contributed by atoms with E-state index in [1.54, 1.807) is 7.11 Å². The van der Waals surface area contributed by atoms with Crippen molar-refractivity contribution in [3.63, 3.8) is 0 Å². The first-order chi connectivity index (χ1) is 12.5. The van der Waals surface area contributed by atoms with Crippen LogP contribution in [-0.4, -0.2) is 60.9 Å². The normalized spacial score (nSPS) is 19.2. The Morgan fingerprint density at radius 2 is 1.96 bits per heavy atom. The number of piperidine rings is 1. The van der Waals surface area contributed by atoms with Crippen molar-refractivity contribution < 1.29 is 14.3 Å². The summed E-state index contributed by atoms with van der Waals surface area (Å²) in [4.78, 5) is 28.0. The average molecular weight is 424 g/mol. The molecule has 0 spiro atoms. The molecular weight excluding hydrogens is 398 g/mol. The van der Waals surface area contributed by atoms with Crippen LogP contribution in [0.25, 0.3) is 0 Å². The van der Waals surface area contributed by atoms with Crippen molar-refractivity contribution in [3.8, 4) is 5.75 Å². The van der Waals surface area contributed by atoms with Gasteiger partial charge in [-0.1, -0.05) is 15.9 Å². The molecule has 3 rings (SSSR count). The Balaban J connectivity index is 1.43. The highest BCUT2D eigenvalue weighted by molar-refractivity contribution is 9.10. The number of halogens is 1. The van der Waals surface area contributed by atoms with Crippen LogP contribution >= 0.6 is 15.9 Å². The van der Waals surface area contributed by atoms with Gasteiger partial charge in [0.25, 0.3) is 0 Å². The van der Waals surface area contributed by atoms with Gasteiger partial charge in [0, 0.05) is 35.9 Å². The van der Waals surface area contributed by atoms with E-state index in [9.17, 15) is 9.59 Å². The van der Waals surface area contributed by atoms with Gasteiger partial charge in [0.2, 0.25) is 11.8 Å². The van der Waals surface area contributed by atoms with Crippen LogP contribution in [0.1, 0.15) is 24.8 Å². The summed E-state index contributed by atoms with van der Waals surface area (Å²) in [6, 6.07) is 6.28. The lowest BCUT2D eigenvalue weighted by molar-refractivity contribution is -0.139. The molecule has 2 aliphatic heterocycles. The van der Waals surface area contributed by atoms with E-state index >= 15 is 0 Å². The molecule has 0 radical (unpaired) electrons. The van der Waals surface area contributed by atoms with Crippen LogP contribution < -0.4 is 10.5 Å². The Labute approximate surface area is 162 Å². The van der Waals surface area contributed by atoms with Gasteiger partial charge in [-0.25, -0.2) is 0 Å². The van der Waals surface area contributed by atoms with Gasteiger partial charge in [0.1, 0.15) is 5.75 Å². The fourth-order valence-corrected chi connectivity index (χ4v) is 4.19. The van der Waals surface area contributed by atoms with Crippen LogP contribution in [0.2, 0.25) is 0 Å². The zero-order chi connectivity index (χ0) is 18.7. The van der Waals surface area contributed by atoms with Gasteiger partial charge in [-0.15, -0.1) is 0 Å². The lowest BCUT2D eigenvalue weighted by atomic mass is 9.93. The molecule has 2 saturated heterocycles. The van der Waals surface area contributed by atoms with Gasteiger partial charge in [-0.3, -0.25) is 14.5 Å². The van der Waals surface area contributed by atoms with Crippen molar-refractivity contribution in [1.82, 2.24) is 9.80 Å². The first-order valence-corrected chi connectivity index (χ1v) is 9.90. The number of hydrogen-bond acceptors (Lipinski definition) is 4. The predicted octanol–water partition coefficient (Wildman–Crippen LogP) is 1.80. The standard InChI is InChI=1S/C19H26BrN3O3/c1-26-17-4-3-15(20)10-14(17)2-5-18(24)23-11-16(12-23)22-8-6-13(7-9-22)19(21)25/h3-4,10,13,16H,2,5-9,11-12H2,1H3,(H2,21,25). The van der Waals surface area contributed by atoms with Crippen molar-refractivity contribution in [2.75, 3.05) is 33.3 Å². The molecule has 2 N–H and O–H groups in total. The van der Waals surface area contributed by atoms with E-state index in [1.807, 2.05) is 23.1 Å². The lowest BCUT2D eigenvalue weighted by Crippen LogP contribution is -2.62. The third-order valence-corrected chi connectivity index (χ3v) is 6.01. The summed E-state index contributed by atoms with van der Waals surface area (Å²) >= 11 is 3.47. The maximum Gasteiger partial charge on any atom is 0.223 e. The highest BCUT2D eigenvalue weighted by atomic mass is 79.9. The molecule has 142 valence electrons. The van der Waals surface area contributed by atoms with Gasteiger partial charge in [-0.05, 0) is 56.1 Å². The number of rotatable bonds is 6. The van der Waals surface area contributed by atoms with Crippen LogP contribution in [0, 0.1) is 5.92 Å². The largest absolute Gasteiger partial charge is 0.496 e. The van der Waals surface area contributed by atoms with E-state index in [2.05, 4.69) is 20.8 Å². The molecule has 1 aromatic rings. The van der Waals surface area contributed by atoms with Crippen LogP contribution in [0.15, 0.2) is 22.7 Å². The Hall–Kier alpha value is -1.60. The second kappa shape index (κ2) is 8.39. The van der Waals surface area contributed by atoms with Gasteiger partial charge >= 0.3 is 0 Å². The molecular formula is C19H26BrN3O3. The third-order valence-electron chi connectivity index (χ3n) is 5.51. The molecule has 6 nitrogen and oxygen atoms in total. The predicted molar refractivity (Wildman–Crippen MR) is 103 cm³/mol. The molecule has 0 unspecified atom stereocenters. The minimum absolute atomic E-state index is 0.0178. The maximum absolute atomic E-state index is 12.4. The average Bonchev–Trinajstić information content (AvgIpc) is 2.59. The number of nitrogens with zero attached hydrogens (tertiary/aromatic N) is 2. The number of benzene rings is 1. The number of likely N-dealkylation sites (tertiary alicyclic amines) is 2. The number of primary amides is 1. The van der Waals surface area contributed by atoms with Gasteiger partial charge in [-0.2, -0.15) is 0 Å². The number of carbonyl (C=O) groups excluding carboxylic acids is 2. The number of carbonyl (C=O) groups is 2. The zero-order valence-electron chi connectivity index (χ0n) is 15.1. The number of nitrogens with two attached hydrogens (primary N) is 1. The molecule has 26 heavy (non-hydrogen) atoms. The summed E-state index contributed by atoms with van der Waals surface area (Å²) in [6.45, 7) is 3.37. The Morgan fingerprint density at radius 1 is 1.27 bits per heavy atom. The number of methoxy groups -OCH3 is 1. The first kappa shape index (κ1) is 19.2. The number of ether oxygens (including phenoxy) is 1. The van der Waals surface area contributed by atoms with E-state index in [4.69, 9.17) is 10.5 Å². The van der Waals surface area contributed by atoms with E-state index in [0.717, 1.165) is 54.8 Å². The van der Waals surface area contributed by atoms with Gasteiger partial charge in [0.05, 0.1) is 7.11 Å². The summed E-state index contributed by atoms with van der Waals surface area (Å²) in [7, 11) is 1.65. The van der Waals surface area contributed by atoms with Crippen LogP contribution in [0.4, 0.5) is 0 Å². The Morgan fingerprint density at radius 3 is 2.58 bits per heavy atom. The van der Waals surface area contributed by atoms with Crippen molar-refractivity contribution >= 4 is 27.7 Å². The highest BCUT2D eigenvalue weighted by Crippen LogP contribution is 2.26. The second-order valence-electron chi connectivity index (χ2n) is 7.12. The summed E-state index contributed by atoms with van der Waals surface area (Å²) < 4.78 is 6.36. The van der Waals surface area contributed by atoms with Crippen molar-refractivity contribution in [3.05, 3.63) is 28.2 Å². The van der Waals surface area contributed by atoms with Crippen LogP contribution in [0.5, 0.6) is 5.75 Å². The quantitative estimate of drug-likeness (QED) is 0.756. The summed E-state index contributed by atoms with van der Waals surface area (Å²) in [5.41, 5.74) is 6.43. The monoisotopic (exact) mass is 423 g/mol. The fourth-order valence-electron chi connectivity index (χ4n) is 3.78. The maximum atomic E-state index is 12.4. The SMILES string of the molecule is COc1ccc(Br)cc1CCC(=O)N1CC(N2CCC(C(N)=O)CC2)C1. The van der Waals surface area contributed by atoms with E-state index in [0.29, 0.717) is 18.9 Å². The molecule has 7 heteroatoms. The first-order valence-electron chi connectivity index (χ1n) is 9.11. The van der Waals surface area contributed by atoms with Crippen LogP contribution in [-0.2, 0) is 16.0 Å². The minimum atomic E-state index is -0.182. The summed E-state index contributed by atoms with van der Waals surface area (Å²) in [6.07, 6.45) is 2.83. The molecule has 2 fully saturated rings. The van der Waals surface area contributed by atoms with Gasteiger partial charge in [0.15, 0.2) is 0 Å². The molecule has 1 aromatic carbocycles. The van der Waals surface area contributed by atoms with E-state index in [-0.39, 0.29) is 17.7 Å². The molecule has 2 heterocycles. The number of amides is 2. The molecule has 0 aromatic heterocycles. The van der Waals surface area contributed by atoms with E-state index < -0.39 is 0 Å². The smallest absolute Gasteiger partial charge is 0.223 e. The van der Waals surface area contributed by atoms with Gasteiger partial charge < -0.3 is 15.4 Å². The Kier molecular flexibility index (Phi) is 6.19. The molecule has 0 atom stereocenters. The highest BCUT2D eigenvalue weighted by Gasteiger charge is 2.36.